The fourth-order valence-electron chi connectivity index (χ4n) is 1.72. The van der Waals surface area contributed by atoms with Gasteiger partial charge in [-0.3, -0.25) is 4.79 Å². The maximum atomic E-state index is 12.2. The van der Waals surface area contributed by atoms with Crippen molar-refractivity contribution in [2.45, 2.75) is 19.8 Å². The van der Waals surface area contributed by atoms with Crippen LogP contribution in [0.5, 0.6) is 0 Å². The van der Waals surface area contributed by atoms with E-state index < -0.39 is 0 Å². The van der Waals surface area contributed by atoms with Crippen LogP contribution in [0.1, 0.15) is 29.4 Å². The van der Waals surface area contributed by atoms with E-state index in [2.05, 4.69) is 27.5 Å². The molecule has 0 aliphatic carbocycles. The van der Waals surface area contributed by atoms with E-state index in [-0.39, 0.29) is 5.91 Å². The summed E-state index contributed by atoms with van der Waals surface area (Å²) in [7, 11) is 0. The second-order valence-electron chi connectivity index (χ2n) is 4.46. The largest absolute Gasteiger partial charge is 0.370 e. The minimum Gasteiger partial charge on any atom is -0.370 e. The average Bonchev–Trinajstić information content (AvgIpc) is 2.99. The molecule has 2 rings (SSSR count). The van der Waals surface area contributed by atoms with Crippen LogP contribution in [0.25, 0.3) is 0 Å². The maximum Gasteiger partial charge on any atom is 0.253 e. The molecule has 0 radical (unpaired) electrons. The highest BCUT2D eigenvalue weighted by Crippen LogP contribution is 2.18. The average molecular weight is 325 g/mol. The van der Waals surface area contributed by atoms with Crippen molar-refractivity contribution in [3.8, 4) is 0 Å². The van der Waals surface area contributed by atoms with Crippen molar-refractivity contribution in [1.82, 2.24) is 15.3 Å². The van der Waals surface area contributed by atoms with Crippen molar-refractivity contribution in [1.29, 1.82) is 0 Å². The van der Waals surface area contributed by atoms with Crippen LogP contribution in [-0.2, 0) is 6.42 Å². The van der Waals surface area contributed by atoms with Crippen LogP contribution in [0.2, 0.25) is 5.02 Å². The number of pyridine rings is 1. The minimum atomic E-state index is -0.197. The number of hydrogen-bond acceptors (Lipinski definition) is 5. The summed E-state index contributed by atoms with van der Waals surface area (Å²) in [5.74, 6) is 0.461. The van der Waals surface area contributed by atoms with Gasteiger partial charge < -0.3 is 10.6 Å². The van der Waals surface area contributed by atoms with Crippen molar-refractivity contribution in [3.63, 3.8) is 0 Å². The van der Waals surface area contributed by atoms with Gasteiger partial charge in [0.1, 0.15) is 5.82 Å². The first-order chi connectivity index (χ1) is 10.2. The van der Waals surface area contributed by atoms with E-state index in [1.54, 1.807) is 22.9 Å². The molecule has 0 bridgehead atoms. The van der Waals surface area contributed by atoms with Gasteiger partial charge in [-0.25, -0.2) is 9.97 Å². The van der Waals surface area contributed by atoms with Gasteiger partial charge in [-0.2, -0.15) is 0 Å². The number of aromatic nitrogens is 2. The Labute approximate surface area is 132 Å². The molecule has 0 spiro atoms. The lowest BCUT2D eigenvalue weighted by Gasteiger charge is -2.09. The Morgan fingerprint density at radius 1 is 1.38 bits per heavy atom. The van der Waals surface area contributed by atoms with Gasteiger partial charge in [0.05, 0.1) is 21.8 Å². The van der Waals surface area contributed by atoms with E-state index in [1.807, 2.05) is 5.38 Å². The van der Waals surface area contributed by atoms with Gasteiger partial charge in [-0.05, 0) is 12.5 Å². The molecule has 2 aromatic heterocycles. The summed E-state index contributed by atoms with van der Waals surface area (Å²) in [5, 5.41) is 8.30. The third-order valence-corrected chi connectivity index (χ3v) is 3.74. The van der Waals surface area contributed by atoms with Crippen molar-refractivity contribution >= 4 is 34.7 Å². The Hall–Kier alpha value is -1.66. The van der Waals surface area contributed by atoms with E-state index in [0.717, 1.165) is 18.7 Å². The smallest absolute Gasteiger partial charge is 0.253 e. The highest BCUT2D eigenvalue weighted by atomic mass is 35.5. The normalized spacial score (nSPS) is 10.4. The molecular weight excluding hydrogens is 308 g/mol. The van der Waals surface area contributed by atoms with Crippen LogP contribution < -0.4 is 10.6 Å². The molecular formula is C14H17ClN4OS. The fourth-order valence-corrected chi connectivity index (χ4v) is 2.50. The van der Waals surface area contributed by atoms with Gasteiger partial charge in [0.2, 0.25) is 0 Å². The topological polar surface area (TPSA) is 66.9 Å². The number of thiazole rings is 1. The summed E-state index contributed by atoms with van der Waals surface area (Å²) in [6.07, 6.45) is 3.19. The molecule has 0 unspecified atom stereocenters. The fraction of sp³-hybridized carbons (Fsp3) is 0.357. The number of hydrogen-bond donors (Lipinski definition) is 2. The Balaban J connectivity index is 1.94. The van der Waals surface area contributed by atoms with Crippen LogP contribution in [0, 0.1) is 0 Å². The first-order valence-corrected chi connectivity index (χ1v) is 8.07. The molecule has 1 amide bonds. The standard InChI is InChI=1S/C14H17ClN4OS/c1-2-4-16-13-6-11(12(15)7-18-13)14(20)17-5-3-10-8-21-9-19-10/h6-9H,2-5H2,1H3,(H,16,18)(H,17,20). The van der Waals surface area contributed by atoms with E-state index in [9.17, 15) is 4.79 Å². The monoisotopic (exact) mass is 324 g/mol. The summed E-state index contributed by atoms with van der Waals surface area (Å²) in [6.45, 7) is 3.40. The first-order valence-electron chi connectivity index (χ1n) is 6.75. The zero-order valence-corrected chi connectivity index (χ0v) is 13.3. The molecule has 0 atom stereocenters. The molecule has 0 fully saturated rings. The van der Waals surface area contributed by atoms with E-state index in [1.165, 1.54) is 6.20 Å². The summed E-state index contributed by atoms with van der Waals surface area (Å²) >= 11 is 7.59. The zero-order valence-electron chi connectivity index (χ0n) is 11.7. The number of anilines is 1. The predicted octanol–water partition coefficient (Wildman–Crippen LogP) is 2.99. The second kappa shape index (κ2) is 7.95. The molecule has 0 saturated carbocycles. The molecule has 0 aliphatic heterocycles. The van der Waals surface area contributed by atoms with Gasteiger partial charge in [0.25, 0.3) is 5.91 Å². The van der Waals surface area contributed by atoms with Crippen molar-refractivity contribution < 1.29 is 4.79 Å². The number of rotatable bonds is 7. The lowest BCUT2D eigenvalue weighted by Crippen LogP contribution is -2.26. The highest BCUT2D eigenvalue weighted by molar-refractivity contribution is 7.07. The maximum absolute atomic E-state index is 12.2. The van der Waals surface area contributed by atoms with Gasteiger partial charge in [0.15, 0.2) is 0 Å². The van der Waals surface area contributed by atoms with Gasteiger partial charge >= 0.3 is 0 Å². The third-order valence-electron chi connectivity index (χ3n) is 2.81. The molecule has 5 nitrogen and oxygen atoms in total. The SMILES string of the molecule is CCCNc1cc(C(=O)NCCc2cscn2)c(Cl)cn1. The Kier molecular flexibility index (Phi) is 5.95. The van der Waals surface area contributed by atoms with Gasteiger partial charge in [-0.15, -0.1) is 11.3 Å². The van der Waals surface area contributed by atoms with E-state index in [0.29, 0.717) is 29.4 Å². The molecule has 112 valence electrons. The lowest BCUT2D eigenvalue weighted by atomic mass is 10.2. The van der Waals surface area contributed by atoms with Crippen LogP contribution in [0.4, 0.5) is 5.82 Å². The highest BCUT2D eigenvalue weighted by Gasteiger charge is 2.11. The predicted molar refractivity (Wildman–Crippen MR) is 86.2 cm³/mol. The van der Waals surface area contributed by atoms with E-state index in [4.69, 9.17) is 11.6 Å². The quantitative estimate of drug-likeness (QED) is 0.821. The molecule has 2 heterocycles. The number of carbonyl (C=O) groups excluding carboxylic acids is 1. The molecule has 0 saturated heterocycles. The summed E-state index contributed by atoms with van der Waals surface area (Å²) < 4.78 is 0. The second-order valence-corrected chi connectivity index (χ2v) is 5.59. The summed E-state index contributed by atoms with van der Waals surface area (Å²) in [4.78, 5) is 20.5. The third kappa shape index (κ3) is 4.68. The van der Waals surface area contributed by atoms with Crippen molar-refractivity contribution in [2.75, 3.05) is 18.4 Å². The number of amides is 1. The number of nitrogens with one attached hydrogen (secondary N) is 2. The summed E-state index contributed by atoms with van der Waals surface area (Å²) in [5.41, 5.74) is 3.19. The van der Waals surface area contributed by atoms with Crippen molar-refractivity contribution in [2.24, 2.45) is 0 Å². The molecule has 0 aliphatic rings. The summed E-state index contributed by atoms with van der Waals surface area (Å²) in [6, 6.07) is 1.68. The number of halogens is 1. The van der Waals surface area contributed by atoms with Crippen LogP contribution in [0.15, 0.2) is 23.2 Å². The molecule has 2 N–H and O–H groups in total. The van der Waals surface area contributed by atoms with Gasteiger partial charge in [-0.1, -0.05) is 18.5 Å². The molecule has 2 aromatic rings. The van der Waals surface area contributed by atoms with Crippen LogP contribution in [-0.4, -0.2) is 29.0 Å². The van der Waals surface area contributed by atoms with Crippen molar-refractivity contribution in [3.05, 3.63) is 39.4 Å². The molecule has 7 heteroatoms. The Bertz CT molecular complexity index is 589. The lowest BCUT2D eigenvalue weighted by molar-refractivity contribution is 0.0954. The van der Waals surface area contributed by atoms with E-state index >= 15 is 0 Å². The van der Waals surface area contributed by atoms with Crippen LogP contribution >= 0.6 is 22.9 Å². The number of nitrogens with zero attached hydrogens (tertiary/aromatic N) is 2. The zero-order chi connectivity index (χ0) is 15.1. The minimum absolute atomic E-state index is 0.197. The Morgan fingerprint density at radius 2 is 2.24 bits per heavy atom. The molecule has 21 heavy (non-hydrogen) atoms. The first kappa shape index (κ1) is 15.7. The Morgan fingerprint density at radius 3 is 2.95 bits per heavy atom. The van der Waals surface area contributed by atoms with Crippen LogP contribution in [0.3, 0.4) is 0 Å². The van der Waals surface area contributed by atoms with Gasteiger partial charge in [0, 0.05) is 31.1 Å². The number of carbonyl (C=O) groups is 1. The molecule has 0 aromatic carbocycles.